The van der Waals surface area contributed by atoms with Crippen LogP contribution in [-0.2, 0) is 0 Å². The highest BCUT2D eigenvalue weighted by molar-refractivity contribution is 6.30. The maximum Gasteiger partial charge on any atom is 0.0426 e. The molecule has 0 aromatic heterocycles. The van der Waals surface area contributed by atoms with Crippen molar-refractivity contribution in [2.45, 2.75) is 25.8 Å². The molecule has 1 N–H and O–H groups in total. The first-order chi connectivity index (χ1) is 8.15. The summed E-state index contributed by atoms with van der Waals surface area (Å²) in [7, 11) is 2.21. The molecule has 0 spiro atoms. The SMILES string of the molecule is CC(Nc1cccc(Cl)c1)C1CCCN(C)C1. The lowest BCUT2D eigenvalue weighted by Crippen LogP contribution is -2.39. The number of rotatable bonds is 3. The standard InChI is InChI=1S/C14H21ClN2/c1-11(12-5-4-8-17(2)10-12)16-14-7-3-6-13(15)9-14/h3,6-7,9,11-12,16H,4-5,8,10H2,1-2H3. The highest BCUT2D eigenvalue weighted by atomic mass is 35.5. The summed E-state index contributed by atoms with van der Waals surface area (Å²) in [6.45, 7) is 4.69. The summed E-state index contributed by atoms with van der Waals surface area (Å²) in [6, 6.07) is 8.46. The van der Waals surface area contributed by atoms with Crippen molar-refractivity contribution in [3.63, 3.8) is 0 Å². The average Bonchev–Trinajstić information content (AvgIpc) is 2.29. The predicted octanol–water partition coefficient (Wildman–Crippen LogP) is 3.48. The number of hydrogen-bond donors (Lipinski definition) is 1. The van der Waals surface area contributed by atoms with E-state index in [9.17, 15) is 0 Å². The lowest BCUT2D eigenvalue weighted by atomic mass is 9.92. The van der Waals surface area contributed by atoms with Crippen molar-refractivity contribution in [1.82, 2.24) is 4.90 Å². The monoisotopic (exact) mass is 252 g/mol. The van der Waals surface area contributed by atoms with Crippen molar-refractivity contribution in [2.24, 2.45) is 5.92 Å². The van der Waals surface area contributed by atoms with Gasteiger partial charge < -0.3 is 10.2 Å². The number of anilines is 1. The average molecular weight is 253 g/mol. The molecular weight excluding hydrogens is 232 g/mol. The minimum atomic E-state index is 0.496. The van der Waals surface area contributed by atoms with Gasteiger partial charge in [0, 0.05) is 23.3 Å². The van der Waals surface area contributed by atoms with Crippen LogP contribution in [0.3, 0.4) is 0 Å². The van der Waals surface area contributed by atoms with Gasteiger partial charge in [0.2, 0.25) is 0 Å². The van der Waals surface area contributed by atoms with Crippen LogP contribution in [-0.4, -0.2) is 31.1 Å². The Morgan fingerprint density at radius 2 is 2.29 bits per heavy atom. The molecular formula is C14H21ClN2. The highest BCUT2D eigenvalue weighted by Gasteiger charge is 2.22. The summed E-state index contributed by atoms with van der Waals surface area (Å²) in [5, 5.41) is 4.36. The normalized spacial score (nSPS) is 23.4. The Kier molecular flexibility index (Phi) is 4.30. The van der Waals surface area contributed by atoms with Crippen molar-refractivity contribution in [3.05, 3.63) is 29.3 Å². The first-order valence-electron chi connectivity index (χ1n) is 6.36. The van der Waals surface area contributed by atoms with Crippen LogP contribution >= 0.6 is 11.6 Å². The number of nitrogens with zero attached hydrogens (tertiary/aromatic N) is 1. The van der Waals surface area contributed by atoms with Crippen molar-refractivity contribution in [1.29, 1.82) is 0 Å². The summed E-state index contributed by atoms with van der Waals surface area (Å²) >= 11 is 5.99. The van der Waals surface area contributed by atoms with Gasteiger partial charge in [-0.3, -0.25) is 0 Å². The molecule has 3 heteroatoms. The van der Waals surface area contributed by atoms with E-state index in [0.29, 0.717) is 6.04 Å². The zero-order valence-electron chi connectivity index (χ0n) is 10.6. The minimum Gasteiger partial charge on any atom is -0.382 e. The molecule has 2 nitrogen and oxygen atoms in total. The largest absolute Gasteiger partial charge is 0.382 e. The van der Waals surface area contributed by atoms with Crippen LogP contribution in [0, 0.1) is 5.92 Å². The third kappa shape index (κ3) is 3.62. The van der Waals surface area contributed by atoms with Gasteiger partial charge in [-0.05, 0) is 57.5 Å². The summed E-state index contributed by atoms with van der Waals surface area (Å²) in [6.07, 6.45) is 2.63. The Bertz CT molecular complexity index is 367. The second-order valence-electron chi connectivity index (χ2n) is 5.11. The first kappa shape index (κ1) is 12.7. The molecule has 2 atom stereocenters. The molecule has 0 aliphatic carbocycles. The van der Waals surface area contributed by atoms with Crippen molar-refractivity contribution >= 4 is 17.3 Å². The van der Waals surface area contributed by atoms with Gasteiger partial charge in [0.15, 0.2) is 0 Å². The number of halogens is 1. The van der Waals surface area contributed by atoms with Crippen LogP contribution in [0.5, 0.6) is 0 Å². The van der Waals surface area contributed by atoms with Crippen LogP contribution in [0.4, 0.5) is 5.69 Å². The molecule has 0 bridgehead atoms. The number of likely N-dealkylation sites (tertiary alicyclic amines) is 1. The zero-order valence-corrected chi connectivity index (χ0v) is 11.4. The molecule has 0 amide bonds. The van der Waals surface area contributed by atoms with Gasteiger partial charge in [0.25, 0.3) is 0 Å². The molecule has 1 fully saturated rings. The van der Waals surface area contributed by atoms with Crippen LogP contribution in [0.15, 0.2) is 24.3 Å². The minimum absolute atomic E-state index is 0.496. The van der Waals surface area contributed by atoms with Gasteiger partial charge in [-0.1, -0.05) is 17.7 Å². The molecule has 2 rings (SSSR count). The third-order valence-corrected chi connectivity index (χ3v) is 3.82. The van der Waals surface area contributed by atoms with Gasteiger partial charge in [-0.25, -0.2) is 0 Å². The van der Waals surface area contributed by atoms with E-state index < -0.39 is 0 Å². The Morgan fingerprint density at radius 3 is 3.00 bits per heavy atom. The van der Waals surface area contributed by atoms with Crippen LogP contribution in [0.25, 0.3) is 0 Å². The molecule has 1 aliphatic rings. The topological polar surface area (TPSA) is 15.3 Å². The van der Waals surface area contributed by atoms with Crippen LogP contribution in [0.2, 0.25) is 5.02 Å². The molecule has 94 valence electrons. The molecule has 1 aromatic carbocycles. The number of benzene rings is 1. The third-order valence-electron chi connectivity index (χ3n) is 3.59. The summed E-state index contributed by atoms with van der Waals surface area (Å²) in [5.41, 5.74) is 1.12. The predicted molar refractivity (Wildman–Crippen MR) is 74.8 cm³/mol. The van der Waals surface area contributed by atoms with E-state index in [4.69, 9.17) is 11.6 Å². The highest BCUT2D eigenvalue weighted by Crippen LogP contribution is 2.22. The smallest absolute Gasteiger partial charge is 0.0426 e. The van der Waals surface area contributed by atoms with E-state index >= 15 is 0 Å². The Balaban J connectivity index is 1.94. The Labute approximate surface area is 109 Å². The fourth-order valence-electron chi connectivity index (χ4n) is 2.57. The van der Waals surface area contributed by atoms with E-state index in [1.165, 1.54) is 25.9 Å². The first-order valence-corrected chi connectivity index (χ1v) is 6.73. The summed E-state index contributed by atoms with van der Waals surface area (Å²) < 4.78 is 0. The van der Waals surface area contributed by atoms with E-state index in [0.717, 1.165) is 16.6 Å². The van der Waals surface area contributed by atoms with E-state index in [-0.39, 0.29) is 0 Å². The van der Waals surface area contributed by atoms with E-state index in [1.807, 2.05) is 18.2 Å². The second-order valence-corrected chi connectivity index (χ2v) is 5.54. The number of piperidine rings is 1. The fraction of sp³-hybridized carbons (Fsp3) is 0.571. The second kappa shape index (κ2) is 5.74. The van der Waals surface area contributed by atoms with Gasteiger partial charge in [0.05, 0.1) is 0 Å². The van der Waals surface area contributed by atoms with Crippen molar-refractivity contribution in [2.75, 3.05) is 25.5 Å². The van der Waals surface area contributed by atoms with E-state index in [2.05, 4.69) is 30.3 Å². The van der Waals surface area contributed by atoms with Gasteiger partial charge in [-0.15, -0.1) is 0 Å². The molecule has 0 saturated carbocycles. The molecule has 0 radical (unpaired) electrons. The molecule has 1 saturated heterocycles. The molecule has 1 aromatic rings. The Hall–Kier alpha value is -0.730. The Morgan fingerprint density at radius 1 is 1.47 bits per heavy atom. The summed E-state index contributed by atoms with van der Waals surface area (Å²) in [4.78, 5) is 2.42. The lowest BCUT2D eigenvalue weighted by molar-refractivity contribution is 0.197. The fourth-order valence-corrected chi connectivity index (χ4v) is 2.76. The zero-order chi connectivity index (χ0) is 12.3. The molecule has 2 unspecified atom stereocenters. The van der Waals surface area contributed by atoms with Crippen LogP contribution in [0.1, 0.15) is 19.8 Å². The summed E-state index contributed by atoms with van der Waals surface area (Å²) in [5.74, 6) is 0.729. The molecule has 1 aliphatic heterocycles. The number of hydrogen-bond acceptors (Lipinski definition) is 2. The van der Waals surface area contributed by atoms with Gasteiger partial charge in [-0.2, -0.15) is 0 Å². The maximum absolute atomic E-state index is 5.99. The van der Waals surface area contributed by atoms with Gasteiger partial charge in [0.1, 0.15) is 0 Å². The van der Waals surface area contributed by atoms with Gasteiger partial charge >= 0.3 is 0 Å². The van der Waals surface area contributed by atoms with Crippen molar-refractivity contribution < 1.29 is 0 Å². The molecule has 17 heavy (non-hydrogen) atoms. The van der Waals surface area contributed by atoms with E-state index in [1.54, 1.807) is 0 Å². The quantitative estimate of drug-likeness (QED) is 0.886. The maximum atomic E-state index is 5.99. The van der Waals surface area contributed by atoms with Crippen molar-refractivity contribution in [3.8, 4) is 0 Å². The van der Waals surface area contributed by atoms with Crippen LogP contribution < -0.4 is 5.32 Å². The molecule has 1 heterocycles. The lowest BCUT2D eigenvalue weighted by Gasteiger charge is -2.34. The number of nitrogens with one attached hydrogen (secondary N) is 1.